The molecule has 0 radical (unpaired) electrons. The van der Waals surface area contributed by atoms with Crippen LogP contribution < -0.4 is 16.1 Å². The number of benzene rings is 2. The number of aromatic hydroxyl groups is 1. The van der Waals surface area contributed by atoms with Crippen LogP contribution in [0.1, 0.15) is 65.5 Å². The number of carbonyl (C=O) groups is 2. The Balaban J connectivity index is 0.00000266. The minimum atomic E-state index is -0.726. The molecule has 11 heteroatoms. The summed E-state index contributed by atoms with van der Waals surface area (Å²) in [4.78, 5) is 34.5. The molecule has 2 fully saturated rings. The van der Waals surface area contributed by atoms with E-state index >= 15 is 0 Å². The third-order valence-electron chi connectivity index (χ3n) is 10.1. The van der Waals surface area contributed by atoms with Crippen molar-refractivity contribution in [1.82, 2.24) is 24.9 Å². The molecule has 0 saturated carbocycles. The molecule has 6 rings (SSSR count). The molecule has 0 spiro atoms. The highest BCUT2D eigenvalue weighted by Gasteiger charge is 2.28. The van der Waals surface area contributed by atoms with Gasteiger partial charge in [-0.15, -0.1) is 0 Å². The lowest BCUT2D eigenvalue weighted by Gasteiger charge is -2.33. The molecular weight excluding hydrogens is 667 g/mol. The Bertz CT molecular complexity index is 1860. The molecule has 2 saturated heterocycles. The van der Waals surface area contributed by atoms with E-state index in [0.29, 0.717) is 26.0 Å². The Morgan fingerprint density at radius 1 is 0.981 bits per heavy atom. The minimum Gasteiger partial charge on any atom is -0.508 e. The Morgan fingerprint density at radius 3 is 2.36 bits per heavy atom. The van der Waals surface area contributed by atoms with Crippen molar-refractivity contribution < 1.29 is 19.4 Å². The number of carbonyl (C=O) groups excluding carboxylic acids is 2. The minimum absolute atomic E-state index is 0.124. The fourth-order valence-electron chi connectivity index (χ4n) is 7.39. The topological polar surface area (TPSA) is 129 Å². The number of esters is 1. The normalized spacial score (nSPS) is 15.9. The van der Waals surface area contributed by atoms with Gasteiger partial charge in [0.2, 0.25) is 0 Å². The van der Waals surface area contributed by atoms with Crippen molar-refractivity contribution in [3.8, 4) is 28.1 Å². The van der Waals surface area contributed by atoms with Crippen LogP contribution in [-0.2, 0) is 33.7 Å². The van der Waals surface area contributed by atoms with Gasteiger partial charge < -0.3 is 29.9 Å². The molecule has 1 amide bonds. The van der Waals surface area contributed by atoms with Crippen molar-refractivity contribution >= 4 is 28.6 Å². The highest BCUT2D eigenvalue weighted by atomic mass is 16.5. The number of phenols is 1. The molecule has 2 aromatic carbocycles. The van der Waals surface area contributed by atoms with Crippen LogP contribution in [0.25, 0.3) is 33.3 Å². The summed E-state index contributed by atoms with van der Waals surface area (Å²) < 4.78 is 7.87. The third kappa shape index (κ3) is 9.57. The lowest BCUT2D eigenvalue weighted by Crippen LogP contribution is -2.53. The molecule has 4 heterocycles. The first-order valence-electron chi connectivity index (χ1n) is 19.2. The summed E-state index contributed by atoms with van der Waals surface area (Å²) in [7, 11) is 2.15. The number of nitrogens with one attached hydrogen (secondary N) is 1. The van der Waals surface area contributed by atoms with Gasteiger partial charge in [0.05, 0.1) is 18.3 Å². The van der Waals surface area contributed by atoms with Crippen molar-refractivity contribution in [2.45, 2.75) is 79.8 Å². The largest absolute Gasteiger partial charge is 0.508 e. The first-order chi connectivity index (χ1) is 25.4. The molecule has 2 aliphatic heterocycles. The number of amides is 1. The quantitative estimate of drug-likeness (QED) is 0.160. The van der Waals surface area contributed by atoms with E-state index in [1.54, 1.807) is 17.1 Å². The van der Waals surface area contributed by atoms with E-state index in [4.69, 9.17) is 15.5 Å². The average molecular weight is 726 g/mol. The maximum absolute atomic E-state index is 13.1. The van der Waals surface area contributed by atoms with Crippen molar-refractivity contribution in [2.24, 2.45) is 11.1 Å². The number of anilines is 1. The number of aromatic nitrogens is 2. The number of hydrogen-bond acceptors (Lipinski definition) is 9. The van der Waals surface area contributed by atoms with Gasteiger partial charge in [0.25, 0.3) is 5.91 Å². The summed E-state index contributed by atoms with van der Waals surface area (Å²) in [5.74, 6) is 0.679. The van der Waals surface area contributed by atoms with Gasteiger partial charge in [0.15, 0.2) is 0 Å². The standard InChI is InChI=1S/C40H53N7O4.C2H6/c1-6-46-36-11-9-29(31-19-28(20-32(49)22-31)21-35(41)39(50)47-14-8-7-13-43-47)23-33(36)34(24-40(3,4)26-51-27(2)48)38(46)30-10-12-37(42-25-30)45-17-15-44(5)16-18-45;1-2/h9-12,19-20,22-23,25,35,43,49H,6-8,13-18,21,24,26,41H2,1-5H3;1-2H3. The summed E-state index contributed by atoms with van der Waals surface area (Å²) in [6.07, 6.45) is 4.95. The first-order valence-corrected chi connectivity index (χ1v) is 19.2. The number of pyridine rings is 1. The second-order valence-corrected chi connectivity index (χ2v) is 14.9. The zero-order chi connectivity index (χ0) is 38.3. The van der Waals surface area contributed by atoms with E-state index in [1.807, 2.05) is 26.1 Å². The lowest BCUT2D eigenvalue weighted by atomic mass is 9.84. The van der Waals surface area contributed by atoms with E-state index in [1.165, 1.54) is 6.92 Å². The Labute approximate surface area is 315 Å². The number of ether oxygens (including phenoxy) is 1. The van der Waals surface area contributed by atoms with Crippen LogP contribution in [0, 0.1) is 5.41 Å². The number of phenolic OH excluding ortho intramolecular Hbond substituents is 1. The Hall–Kier alpha value is -4.45. The van der Waals surface area contributed by atoms with Gasteiger partial charge in [0, 0.05) is 80.8 Å². The number of fused-ring (bicyclic) bond motifs is 1. The Morgan fingerprint density at radius 2 is 1.72 bits per heavy atom. The number of nitrogens with two attached hydrogens (primary N) is 1. The van der Waals surface area contributed by atoms with E-state index in [0.717, 1.165) is 102 Å². The summed E-state index contributed by atoms with van der Waals surface area (Å²) >= 11 is 0. The van der Waals surface area contributed by atoms with E-state index < -0.39 is 6.04 Å². The zero-order valence-electron chi connectivity index (χ0n) is 32.7. The fraction of sp³-hybridized carbons (Fsp3) is 0.500. The average Bonchev–Trinajstić information content (AvgIpc) is 3.46. The van der Waals surface area contributed by atoms with Gasteiger partial charge in [-0.05, 0) is 98.3 Å². The summed E-state index contributed by atoms with van der Waals surface area (Å²) in [5, 5.41) is 13.6. The molecule has 11 nitrogen and oxygen atoms in total. The van der Waals surface area contributed by atoms with Gasteiger partial charge in [-0.3, -0.25) is 14.6 Å². The SMILES string of the molecule is CC.CCn1c(-c2ccc(N3CCN(C)CC3)nc2)c(CC(C)(C)COC(C)=O)c2cc(-c3cc(O)cc(CC(N)C(=O)N4CCCCN4)c3)ccc21. The number of nitrogens with zero attached hydrogens (tertiary/aromatic N) is 5. The number of rotatable bonds is 11. The number of hydrazine groups is 1. The van der Waals surface area contributed by atoms with Gasteiger partial charge in [-0.2, -0.15) is 0 Å². The highest BCUT2D eigenvalue weighted by molar-refractivity contribution is 5.95. The van der Waals surface area contributed by atoms with E-state index in [2.05, 4.69) is 77.9 Å². The van der Waals surface area contributed by atoms with Gasteiger partial charge in [-0.25, -0.2) is 10.4 Å². The highest BCUT2D eigenvalue weighted by Crippen LogP contribution is 2.40. The molecule has 0 aliphatic carbocycles. The van der Waals surface area contributed by atoms with Crippen LogP contribution in [-0.4, -0.2) is 95.4 Å². The maximum atomic E-state index is 13.1. The van der Waals surface area contributed by atoms with Crippen LogP contribution in [0.15, 0.2) is 54.7 Å². The van der Waals surface area contributed by atoms with Crippen LogP contribution >= 0.6 is 0 Å². The van der Waals surface area contributed by atoms with Crippen LogP contribution in [0.2, 0.25) is 0 Å². The number of hydrogen-bond donors (Lipinski definition) is 3. The molecule has 4 aromatic rings. The van der Waals surface area contributed by atoms with Gasteiger partial charge in [0.1, 0.15) is 11.6 Å². The van der Waals surface area contributed by atoms with E-state index in [9.17, 15) is 14.7 Å². The third-order valence-corrected chi connectivity index (χ3v) is 10.1. The Kier molecular flexibility index (Phi) is 13.2. The molecule has 286 valence electrons. The first kappa shape index (κ1) is 39.8. The predicted octanol–water partition coefficient (Wildman–Crippen LogP) is 6.00. The predicted molar refractivity (Wildman–Crippen MR) is 214 cm³/mol. The lowest BCUT2D eigenvalue weighted by molar-refractivity contribution is -0.144. The number of aryl methyl sites for hydroxylation is 1. The van der Waals surface area contributed by atoms with Crippen molar-refractivity contribution in [3.63, 3.8) is 0 Å². The second-order valence-electron chi connectivity index (χ2n) is 14.9. The van der Waals surface area contributed by atoms with Crippen LogP contribution in [0.5, 0.6) is 5.75 Å². The molecule has 4 N–H and O–H groups in total. The fourth-order valence-corrected chi connectivity index (χ4v) is 7.39. The monoisotopic (exact) mass is 725 g/mol. The van der Waals surface area contributed by atoms with E-state index in [-0.39, 0.29) is 23.0 Å². The maximum Gasteiger partial charge on any atom is 0.302 e. The van der Waals surface area contributed by atoms with Crippen LogP contribution in [0.3, 0.4) is 0 Å². The molecule has 0 bridgehead atoms. The van der Waals surface area contributed by atoms with Crippen molar-refractivity contribution in [3.05, 3.63) is 65.9 Å². The molecule has 1 atom stereocenters. The van der Waals surface area contributed by atoms with Gasteiger partial charge >= 0.3 is 5.97 Å². The zero-order valence-corrected chi connectivity index (χ0v) is 32.7. The smallest absolute Gasteiger partial charge is 0.302 e. The second kappa shape index (κ2) is 17.6. The summed E-state index contributed by atoms with van der Waals surface area (Å²) in [6.45, 7) is 18.2. The van der Waals surface area contributed by atoms with Crippen molar-refractivity contribution in [1.29, 1.82) is 0 Å². The number of likely N-dealkylation sites (N-methyl/N-ethyl adjacent to an activating group) is 1. The van der Waals surface area contributed by atoms with Gasteiger partial charge in [-0.1, -0.05) is 39.8 Å². The summed E-state index contributed by atoms with van der Waals surface area (Å²) in [6, 6.07) is 15.5. The molecular formula is C42H59N7O4. The summed E-state index contributed by atoms with van der Waals surface area (Å²) in [5.41, 5.74) is 16.2. The van der Waals surface area contributed by atoms with Crippen LogP contribution in [0.4, 0.5) is 5.82 Å². The van der Waals surface area contributed by atoms with Crippen molar-refractivity contribution in [2.75, 3.05) is 57.8 Å². The molecule has 53 heavy (non-hydrogen) atoms. The molecule has 2 aliphatic rings. The number of piperazine rings is 1. The molecule has 2 aromatic heterocycles. The molecule has 1 unspecified atom stereocenters.